The summed E-state index contributed by atoms with van der Waals surface area (Å²) in [5.74, 6) is 1.73. The van der Waals surface area contributed by atoms with E-state index in [1.54, 1.807) is 0 Å². The van der Waals surface area contributed by atoms with Gasteiger partial charge in [0.1, 0.15) is 12.4 Å². The first-order chi connectivity index (χ1) is 14.2. The molecule has 3 aromatic rings. The first-order valence-corrected chi connectivity index (χ1v) is 11.1. The number of aromatic amines is 1. The fourth-order valence-electron chi connectivity index (χ4n) is 4.55. The number of H-pyrrole nitrogens is 1. The van der Waals surface area contributed by atoms with Crippen LogP contribution < -0.4 is 10.7 Å². The largest absolute Gasteiger partial charge is 0.487 e. The Labute approximate surface area is 179 Å². The fourth-order valence-corrected chi connectivity index (χ4v) is 4.81. The average Bonchev–Trinajstić information content (AvgIpc) is 3.15. The summed E-state index contributed by atoms with van der Waals surface area (Å²) < 4.78 is 7.40. The minimum Gasteiger partial charge on any atom is -0.487 e. The van der Waals surface area contributed by atoms with E-state index in [4.69, 9.17) is 4.74 Å². The van der Waals surface area contributed by atoms with Crippen LogP contribution in [-0.2, 0) is 11.3 Å². The molecule has 0 saturated carbocycles. The van der Waals surface area contributed by atoms with Gasteiger partial charge in [0.15, 0.2) is 0 Å². The number of ether oxygens (including phenoxy) is 1. The van der Waals surface area contributed by atoms with Crippen LogP contribution in [0.3, 0.4) is 0 Å². The summed E-state index contributed by atoms with van der Waals surface area (Å²) in [7, 11) is 0. The van der Waals surface area contributed by atoms with Crippen LogP contribution >= 0.6 is 15.9 Å². The Balaban J connectivity index is 1.63. The number of benzene rings is 2. The maximum Gasteiger partial charge on any atom is 0.143 e. The van der Waals surface area contributed by atoms with Crippen LogP contribution in [0.5, 0.6) is 0 Å². The van der Waals surface area contributed by atoms with Gasteiger partial charge >= 0.3 is 0 Å². The number of aromatic nitrogens is 1. The Hall–Kier alpha value is -2.52. The van der Waals surface area contributed by atoms with Crippen molar-refractivity contribution in [3.63, 3.8) is 0 Å². The quantitative estimate of drug-likeness (QED) is 0.564. The Kier molecular flexibility index (Phi) is 4.92. The molecular formula is C26H24BrNO. The molecule has 2 aromatic carbocycles. The molecular weight excluding hydrogens is 422 g/mol. The van der Waals surface area contributed by atoms with Crippen molar-refractivity contribution in [2.24, 2.45) is 0 Å². The molecule has 0 aliphatic heterocycles. The number of hydrogen-bond donors (Lipinski definition) is 1. The molecule has 0 radical (unpaired) electrons. The Morgan fingerprint density at radius 1 is 1.03 bits per heavy atom. The van der Waals surface area contributed by atoms with Gasteiger partial charge in [0.05, 0.1) is 5.35 Å². The molecule has 0 amide bonds. The highest BCUT2D eigenvalue weighted by molar-refractivity contribution is 9.10. The van der Waals surface area contributed by atoms with Crippen LogP contribution in [0.1, 0.15) is 53.9 Å². The van der Waals surface area contributed by atoms with Crippen molar-refractivity contribution < 1.29 is 4.74 Å². The topological polar surface area (TPSA) is 25.0 Å². The van der Waals surface area contributed by atoms with E-state index in [9.17, 15) is 0 Å². The highest BCUT2D eigenvalue weighted by atomic mass is 79.9. The van der Waals surface area contributed by atoms with Crippen molar-refractivity contribution in [3.8, 4) is 0 Å². The second-order valence-electron chi connectivity index (χ2n) is 7.95. The van der Waals surface area contributed by atoms with Crippen LogP contribution in [0, 0.1) is 0 Å². The number of rotatable bonds is 4. The fraction of sp³-hybridized carbons (Fsp3) is 0.231. The van der Waals surface area contributed by atoms with E-state index in [2.05, 4.69) is 94.6 Å². The van der Waals surface area contributed by atoms with Gasteiger partial charge < -0.3 is 9.72 Å². The molecule has 5 rings (SSSR count). The summed E-state index contributed by atoms with van der Waals surface area (Å²) in [5.41, 5.74) is 5.34. The van der Waals surface area contributed by atoms with E-state index >= 15 is 0 Å². The standard InChI is InChI=1S/C26H24BrNO/c1-17-6-5-9-22-24(17)25-21(19-10-12-20(27)13-11-19)14-15-23(26(25)28-22)29-16-18-7-3-2-4-8-18/h2-4,7-15,17,21,28H,5-6,16H2,1H3. The monoisotopic (exact) mass is 445 g/mol. The SMILES string of the molecule is CC1CCC=c2[nH]c3c(c21)C(c1ccc(Br)cc1)C=CC=3OCc1ccccc1. The van der Waals surface area contributed by atoms with Gasteiger partial charge in [-0.1, -0.05) is 77.5 Å². The Bertz CT molecular complexity index is 1170. The van der Waals surface area contributed by atoms with Gasteiger partial charge in [-0.05, 0) is 59.2 Å². The van der Waals surface area contributed by atoms with Crippen LogP contribution in [0.2, 0.25) is 0 Å². The van der Waals surface area contributed by atoms with Gasteiger partial charge in [0, 0.05) is 15.7 Å². The number of fused-ring (bicyclic) bond motifs is 3. The normalized spacial score (nSPS) is 20.0. The second-order valence-corrected chi connectivity index (χ2v) is 8.87. The molecule has 2 unspecified atom stereocenters. The van der Waals surface area contributed by atoms with E-state index in [0.29, 0.717) is 12.5 Å². The molecule has 2 atom stereocenters. The van der Waals surface area contributed by atoms with Crippen molar-refractivity contribution in [1.82, 2.24) is 4.98 Å². The molecule has 1 N–H and O–H groups in total. The highest BCUT2D eigenvalue weighted by Gasteiger charge is 2.27. The second kappa shape index (κ2) is 7.72. The highest BCUT2D eigenvalue weighted by Crippen LogP contribution is 2.34. The minimum absolute atomic E-state index is 0.246. The molecule has 2 aliphatic rings. The van der Waals surface area contributed by atoms with E-state index in [-0.39, 0.29) is 5.92 Å². The summed E-state index contributed by atoms with van der Waals surface area (Å²) in [6.45, 7) is 2.92. The third-order valence-electron chi connectivity index (χ3n) is 6.01. The lowest BCUT2D eigenvalue weighted by molar-refractivity contribution is 0.262. The lowest BCUT2D eigenvalue weighted by atomic mass is 9.81. The first kappa shape index (κ1) is 18.5. The summed E-state index contributed by atoms with van der Waals surface area (Å²) in [4.78, 5) is 3.70. The number of hydrogen-bond acceptors (Lipinski definition) is 1. The summed E-state index contributed by atoms with van der Waals surface area (Å²) in [6, 6.07) is 19.0. The summed E-state index contributed by atoms with van der Waals surface area (Å²) in [6.07, 6.45) is 9.12. The average molecular weight is 446 g/mol. The van der Waals surface area contributed by atoms with Gasteiger partial charge in [0.25, 0.3) is 0 Å². The zero-order valence-corrected chi connectivity index (χ0v) is 18.1. The molecule has 0 saturated heterocycles. The lowest BCUT2D eigenvalue weighted by Crippen LogP contribution is -2.21. The predicted octanol–water partition coefficient (Wildman–Crippen LogP) is 5.48. The van der Waals surface area contributed by atoms with E-state index in [0.717, 1.165) is 22.0 Å². The van der Waals surface area contributed by atoms with Gasteiger partial charge in [0.2, 0.25) is 0 Å². The third-order valence-corrected chi connectivity index (χ3v) is 6.54. The molecule has 3 heteroatoms. The van der Waals surface area contributed by atoms with Crippen molar-refractivity contribution >= 4 is 27.8 Å². The number of halogens is 1. The molecule has 2 nitrogen and oxygen atoms in total. The number of allylic oxidation sites excluding steroid dienone is 1. The van der Waals surface area contributed by atoms with Crippen molar-refractivity contribution in [2.45, 2.75) is 38.2 Å². The molecule has 0 fully saturated rings. The Morgan fingerprint density at radius 2 is 1.83 bits per heavy atom. The smallest absolute Gasteiger partial charge is 0.143 e. The van der Waals surface area contributed by atoms with Gasteiger partial charge in [-0.15, -0.1) is 0 Å². The third kappa shape index (κ3) is 3.49. The van der Waals surface area contributed by atoms with Crippen molar-refractivity contribution in [3.05, 3.63) is 104 Å². The van der Waals surface area contributed by atoms with Gasteiger partial charge in [-0.25, -0.2) is 0 Å². The van der Waals surface area contributed by atoms with Crippen LogP contribution in [0.25, 0.3) is 11.8 Å². The molecule has 1 aromatic heterocycles. The van der Waals surface area contributed by atoms with Gasteiger partial charge in [-0.2, -0.15) is 0 Å². The summed E-state index contributed by atoms with van der Waals surface area (Å²) >= 11 is 3.56. The zero-order valence-electron chi connectivity index (χ0n) is 16.5. The van der Waals surface area contributed by atoms with Crippen LogP contribution in [0.4, 0.5) is 0 Å². The maximum atomic E-state index is 6.29. The number of nitrogens with one attached hydrogen (secondary N) is 1. The zero-order chi connectivity index (χ0) is 19.8. The van der Waals surface area contributed by atoms with Gasteiger partial charge in [-0.3, -0.25) is 0 Å². The first-order valence-electron chi connectivity index (χ1n) is 10.3. The molecule has 146 valence electrons. The van der Waals surface area contributed by atoms with Crippen LogP contribution in [-0.4, -0.2) is 4.98 Å². The van der Waals surface area contributed by atoms with E-state index in [1.807, 2.05) is 6.07 Å². The molecule has 0 bridgehead atoms. The molecule has 0 spiro atoms. The molecule has 1 heterocycles. The molecule has 29 heavy (non-hydrogen) atoms. The predicted molar refractivity (Wildman–Crippen MR) is 122 cm³/mol. The summed E-state index contributed by atoms with van der Waals surface area (Å²) in [5, 5.41) is 2.42. The lowest BCUT2D eigenvalue weighted by Gasteiger charge is -2.23. The van der Waals surface area contributed by atoms with Crippen molar-refractivity contribution in [2.75, 3.05) is 0 Å². The maximum absolute atomic E-state index is 6.29. The van der Waals surface area contributed by atoms with E-state index in [1.165, 1.54) is 34.0 Å². The Morgan fingerprint density at radius 3 is 2.62 bits per heavy atom. The van der Waals surface area contributed by atoms with E-state index < -0.39 is 0 Å². The molecule has 2 aliphatic carbocycles. The minimum atomic E-state index is 0.246. The van der Waals surface area contributed by atoms with Crippen LogP contribution in [0.15, 0.2) is 71.2 Å². The van der Waals surface area contributed by atoms with Crippen molar-refractivity contribution in [1.29, 1.82) is 0 Å².